The maximum Gasteiger partial charge on any atom is 0.0407 e. The van der Waals surface area contributed by atoms with Gasteiger partial charge in [-0.3, -0.25) is 4.90 Å². The molecule has 0 N–H and O–H groups in total. The van der Waals surface area contributed by atoms with E-state index >= 15 is 0 Å². The highest BCUT2D eigenvalue weighted by Gasteiger charge is 2.34. The zero-order valence-corrected chi connectivity index (χ0v) is 12.6. The summed E-state index contributed by atoms with van der Waals surface area (Å²) in [6.07, 6.45) is 4.08. The number of nitrogens with zero attached hydrogens (tertiary/aromatic N) is 2. The Balaban J connectivity index is 1.84. The SMILES string of the molecule is CN1C2CCC1CN(c1ccccc1CBr)CC2. The molecule has 2 fully saturated rings. The van der Waals surface area contributed by atoms with E-state index in [9.17, 15) is 0 Å². The highest BCUT2D eigenvalue weighted by molar-refractivity contribution is 9.08. The average Bonchev–Trinajstić information content (AvgIpc) is 2.63. The fraction of sp³-hybridized carbons (Fsp3) is 0.600. The van der Waals surface area contributed by atoms with Gasteiger partial charge in [0.1, 0.15) is 0 Å². The average molecular weight is 309 g/mol. The molecule has 2 nitrogen and oxygen atoms in total. The highest BCUT2D eigenvalue weighted by atomic mass is 79.9. The van der Waals surface area contributed by atoms with Crippen LogP contribution in [-0.2, 0) is 5.33 Å². The van der Waals surface area contributed by atoms with Gasteiger partial charge in [0, 0.05) is 36.2 Å². The molecule has 1 aromatic rings. The predicted octanol–water partition coefficient (Wildman–Crippen LogP) is 3.25. The normalized spacial score (nSPS) is 28.4. The molecule has 2 unspecified atom stereocenters. The molecule has 2 bridgehead atoms. The minimum absolute atomic E-state index is 0.751. The zero-order chi connectivity index (χ0) is 12.5. The van der Waals surface area contributed by atoms with E-state index in [1.807, 2.05) is 0 Å². The molecule has 2 saturated heterocycles. The standard InChI is InChI=1S/C15H21BrN2/c1-17-13-6-7-14(17)11-18(9-8-13)15-5-3-2-4-12(15)10-16/h2-5,13-14H,6-11H2,1H3. The number of likely N-dealkylation sites (N-methyl/N-ethyl adjacent to an activating group) is 1. The van der Waals surface area contributed by atoms with Gasteiger partial charge < -0.3 is 4.90 Å². The van der Waals surface area contributed by atoms with Crippen molar-refractivity contribution in [1.82, 2.24) is 4.90 Å². The summed E-state index contributed by atoms with van der Waals surface area (Å²) in [5.74, 6) is 0. The molecule has 3 heteroatoms. The first-order valence-electron chi connectivity index (χ1n) is 6.90. The quantitative estimate of drug-likeness (QED) is 0.774. The Morgan fingerprint density at radius 1 is 1.17 bits per heavy atom. The summed E-state index contributed by atoms with van der Waals surface area (Å²) in [6, 6.07) is 10.4. The van der Waals surface area contributed by atoms with Crippen molar-refractivity contribution in [1.29, 1.82) is 0 Å². The lowest BCUT2D eigenvalue weighted by Gasteiger charge is -2.29. The lowest BCUT2D eigenvalue weighted by Crippen LogP contribution is -2.36. The molecule has 98 valence electrons. The lowest BCUT2D eigenvalue weighted by molar-refractivity contribution is 0.254. The second-order valence-corrected chi connectivity index (χ2v) is 6.11. The van der Waals surface area contributed by atoms with Gasteiger partial charge in [-0.15, -0.1) is 0 Å². The maximum atomic E-state index is 3.61. The maximum absolute atomic E-state index is 3.61. The highest BCUT2D eigenvalue weighted by Crippen LogP contribution is 2.32. The van der Waals surface area contributed by atoms with E-state index in [-0.39, 0.29) is 0 Å². The topological polar surface area (TPSA) is 6.48 Å². The van der Waals surface area contributed by atoms with Crippen molar-refractivity contribution in [2.45, 2.75) is 36.7 Å². The van der Waals surface area contributed by atoms with Crippen LogP contribution in [0, 0.1) is 0 Å². The van der Waals surface area contributed by atoms with E-state index in [2.05, 4.69) is 57.0 Å². The minimum Gasteiger partial charge on any atom is -0.370 e. The van der Waals surface area contributed by atoms with Crippen molar-refractivity contribution in [2.24, 2.45) is 0 Å². The molecule has 0 aromatic heterocycles. The zero-order valence-electron chi connectivity index (χ0n) is 11.0. The van der Waals surface area contributed by atoms with Crippen molar-refractivity contribution < 1.29 is 0 Å². The van der Waals surface area contributed by atoms with E-state index < -0.39 is 0 Å². The summed E-state index contributed by atoms with van der Waals surface area (Å²) in [6.45, 7) is 2.40. The smallest absolute Gasteiger partial charge is 0.0407 e. The lowest BCUT2D eigenvalue weighted by atomic mass is 10.1. The Kier molecular flexibility index (Phi) is 3.62. The molecule has 3 rings (SSSR count). The number of halogens is 1. The third-order valence-electron chi connectivity index (χ3n) is 4.62. The summed E-state index contributed by atoms with van der Waals surface area (Å²) in [4.78, 5) is 5.20. The Morgan fingerprint density at radius 3 is 2.78 bits per heavy atom. The summed E-state index contributed by atoms with van der Waals surface area (Å²) in [5, 5.41) is 0.948. The van der Waals surface area contributed by atoms with Crippen LogP contribution in [0.3, 0.4) is 0 Å². The van der Waals surface area contributed by atoms with Crippen LogP contribution in [0.4, 0.5) is 5.69 Å². The largest absolute Gasteiger partial charge is 0.370 e. The van der Waals surface area contributed by atoms with Gasteiger partial charge in [0.25, 0.3) is 0 Å². The van der Waals surface area contributed by atoms with E-state index in [1.54, 1.807) is 0 Å². The van der Waals surface area contributed by atoms with Gasteiger partial charge in [0.05, 0.1) is 0 Å². The molecule has 0 spiro atoms. The Morgan fingerprint density at radius 2 is 1.94 bits per heavy atom. The number of rotatable bonds is 2. The Bertz CT molecular complexity index is 421. The van der Waals surface area contributed by atoms with Gasteiger partial charge in [-0.2, -0.15) is 0 Å². The summed E-state index contributed by atoms with van der Waals surface area (Å²) < 4.78 is 0. The second-order valence-electron chi connectivity index (χ2n) is 5.55. The molecule has 0 aliphatic carbocycles. The van der Waals surface area contributed by atoms with E-state index in [4.69, 9.17) is 0 Å². The number of alkyl halides is 1. The first-order chi connectivity index (χ1) is 8.79. The van der Waals surface area contributed by atoms with Crippen LogP contribution in [0.2, 0.25) is 0 Å². The predicted molar refractivity (Wildman–Crippen MR) is 80.5 cm³/mol. The van der Waals surface area contributed by atoms with Crippen molar-refractivity contribution in [3.05, 3.63) is 29.8 Å². The minimum atomic E-state index is 0.751. The third-order valence-corrected chi connectivity index (χ3v) is 5.23. The number of hydrogen-bond donors (Lipinski definition) is 0. The third kappa shape index (κ3) is 2.19. The van der Waals surface area contributed by atoms with Crippen molar-refractivity contribution in [3.8, 4) is 0 Å². The van der Waals surface area contributed by atoms with Gasteiger partial charge in [-0.1, -0.05) is 34.1 Å². The fourth-order valence-electron chi connectivity index (χ4n) is 3.46. The van der Waals surface area contributed by atoms with Crippen molar-refractivity contribution >= 4 is 21.6 Å². The molecule has 2 aliphatic heterocycles. The molecular formula is C15H21BrN2. The van der Waals surface area contributed by atoms with Gasteiger partial charge >= 0.3 is 0 Å². The van der Waals surface area contributed by atoms with Gasteiger partial charge in [0.2, 0.25) is 0 Å². The van der Waals surface area contributed by atoms with Gasteiger partial charge in [-0.05, 0) is 37.9 Å². The summed E-state index contributed by atoms with van der Waals surface area (Å²) in [5.41, 5.74) is 2.84. The van der Waals surface area contributed by atoms with Crippen molar-refractivity contribution in [3.63, 3.8) is 0 Å². The number of anilines is 1. The van der Waals surface area contributed by atoms with Crippen LogP contribution >= 0.6 is 15.9 Å². The molecule has 2 aliphatic rings. The van der Waals surface area contributed by atoms with Crippen LogP contribution in [0.1, 0.15) is 24.8 Å². The summed E-state index contributed by atoms with van der Waals surface area (Å²) in [7, 11) is 2.31. The molecule has 1 aromatic carbocycles. The molecule has 0 radical (unpaired) electrons. The molecule has 2 heterocycles. The molecule has 0 amide bonds. The second kappa shape index (κ2) is 5.22. The molecule has 2 atom stereocenters. The number of para-hydroxylation sites is 1. The Hall–Kier alpha value is -0.540. The van der Waals surface area contributed by atoms with E-state index in [0.29, 0.717) is 0 Å². The summed E-state index contributed by atoms with van der Waals surface area (Å²) >= 11 is 3.61. The first kappa shape index (κ1) is 12.5. The number of benzene rings is 1. The Labute approximate surface area is 118 Å². The fourth-order valence-corrected chi connectivity index (χ4v) is 3.93. The first-order valence-corrected chi connectivity index (χ1v) is 8.02. The van der Waals surface area contributed by atoms with Crippen LogP contribution in [-0.4, -0.2) is 37.1 Å². The van der Waals surface area contributed by atoms with Crippen LogP contribution < -0.4 is 4.90 Å². The van der Waals surface area contributed by atoms with Crippen LogP contribution in [0.25, 0.3) is 0 Å². The van der Waals surface area contributed by atoms with Crippen molar-refractivity contribution in [2.75, 3.05) is 25.0 Å². The number of fused-ring (bicyclic) bond motifs is 2. The molecular weight excluding hydrogens is 288 g/mol. The van der Waals surface area contributed by atoms with Gasteiger partial charge in [0.15, 0.2) is 0 Å². The molecule has 18 heavy (non-hydrogen) atoms. The number of hydrogen-bond acceptors (Lipinski definition) is 2. The van der Waals surface area contributed by atoms with Crippen LogP contribution in [0.5, 0.6) is 0 Å². The van der Waals surface area contributed by atoms with E-state index in [1.165, 1.54) is 43.6 Å². The van der Waals surface area contributed by atoms with Gasteiger partial charge in [-0.25, -0.2) is 0 Å². The van der Waals surface area contributed by atoms with E-state index in [0.717, 1.165) is 17.4 Å². The monoisotopic (exact) mass is 308 g/mol. The molecule has 0 saturated carbocycles. The van der Waals surface area contributed by atoms with Crippen LogP contribution in [0.15, 0.2) is 24.3 Å².